The summed E-state index contributed by atoms with van der Waals surface area (Å²) in [5, 5.41) is 5.52. The molecule has 3 atom stereocenters. The standard InChI is InChI=1S/C43H64N4O7SSi/c1-10-11-12-16-29-44-40(48)45-33-23-26-37(27-24-33)55(50,51)46-34-21-19-32(20-22-34)30-35-25-28-38(47(35)41(49)53-42(2,3)4)39(54-56(8,9)43(5,6)7)31-52-36-17-14-13-15-18-36/h13-15,17-24,26-27,35,38-39,46H,10-12,16,25,28-31H2,1-9H3,(H2,44,45,48)/t35-,38+,39+/m0/s1. The van der Waals surface area contributed by atoms with Crippen molar-refractivity contribution >= 4 is 41.8 Å². The molecular formula is C43H64N4O7SSi. The lowest BCUT2D eigenvalue weighted by atomic mass is 10.0. The molecule has 0 aromatic heterocycles. The first-order valence-corrected chi connectivity index (χ1v) is 24.3. The molecular weight excluding hydrogens is 745 g/mol. The topological polar surface area (TPSA) is 135 Å². The smallest absolute Gasteiger partial charge is 0.410 e. The monoisotopic (exact) mass is 808 g/mol. The summed E-state index contributed by atoms with van der Waals surface area (Å²) in [5.74, 6) is 0.743. The highest BCUT2D eigenvalue weighted by atomic mass is 32.2. The Hall–Kier alpha value is -4.07. The van der Waals surface area contributed by atoms with E-state index in [1.807, 2.05) is 68.1 Å². The molecule has 0 aliphatic carbocycles. The van der Waals surface area contributed by atoms with E-state index >= 15 is 0 Å². The number of rotatable bonds is 17. The summed E-state index contributed by atoms with van der Waals surface area (Å²) in [7, 11) is -6.18. The van der Waals surface area contributed by atoms with E-state index in [4.69, 9.17) is 13.9 Å². The van der Waals surface area contributed by atoms with Crippen LogP contribution in [-0.2, 0) is 25.6 Å². The Bertz CT molecular complexity index is 1810. The van der Waals surface area contributed by atoms with Gasteiger partial charge in [-0.05, 0) is 119 Å². The number of urea groups is 1. The highest BCUT2D eigenvalue weighted by molar-refractivity contribution is 7.92. The average molecular weight is 809 g/mol. The van der Waals surface area contributed by atoms with Crippen LogP contribution in [0.1, 0.15) is 92.6 Å². The maximum absolute atomic E-state index is 14.0. The quantitative estimate of drug-likeness (QED) is 0.0913. The van der Waals surface area contributed by atoms with Crippen molar-refractivity contribution in [1.82, 2.24) is 10.2 Å². The number of carbonyl (C=O) groups excluding carboxylic acids is 2. The summed E-state index contributed by atoms with van der Waals surface area (Å²) in [6.45, 7) is 19.7. The van der Waals surface area contributed by atoms with Crippen molar-refractivity contribution in [3.05, 3.63) is 84.4 Å². The van der Waals surface area contributed by atoms with Crippen LogP contribution >= 0.6 is 0 Å². The van der Waals surface area contributed by atoms with Gasteiger partial charge in [-0.1, -0.05) is 77.3 Å². The van der Waals surface area contributed by atoms with Crippen LogP contribution in [-0.4, -0.2) is 70.7 Å². The SMILES string of the molecule is CCCCCCNC(=O)Nc1ccc(S(=O)(=O)Nc2ccc(C[C@@H]3CC[C@H]([C@@H](COc4ccccc4)O[Si](C)(C)C(C)(C)C)N3C(=O)OC(C)(C)C)cc2)cc1. The third-order valence-corrected chi connectivity index (χ3v) is 16.3. The van der Waals surface area contributed by atoms with Gasteiger partial charge in [-0.15, -0.1) is 0 Å². The van der Waals surface area contributed by atoms with Crippen molar-refractivity contribution in [1.29, 1.82) is 0 Å². The summed E-state index contributed by atoms with van der Waals surface area (Å²) in [6.07, 6.45) is 5.48. The first kappa shape index (κ1) is 44.6. The number of nitrogens with zero attached hydrogens (tertiary/aromatic N) is 1. The van der Waals surface area contributed by atoms with Gasteiger partial charge in [-0.2, -0.15) is 0 Å². The third kappa shape index (κ3) is 13.3. The molecule has 0 unspecified atom stereocenters. The number of hydrogen-bond acceptors (Lipinski definition) is 7. The maximum Gasteiger partial charge on any atom is 0.410 e. The molecule has 0 saturated carbocycles. The maximum atomic E-state index is 14.0. The van der Waals surface area contributed by atoms with Gasteiger partial charge in [-0.3, -0.25) is 9.62 Å². The van der Waals surface area contributed by atoms with Gasteiger partial charge in [0.25, 0.3) is 10.0 Å². The number of para-hydroxylation sites is 1. The first-order chi connectivity index (χ1) is 26.3. The van der Waals surface area contributed by atoms with Crippen molar-refractivity contribution in [3.63, 3.8) is 0 Å². The zero-order chi connectivity index (χ0) is 41.1. The van der Waals surface area contributed by atoms with Crippen molar-refractivity contribution < 1.29 is 31.9 Å². The number of amides is 3. The van der Waals surface area contributed by atoms with Gasteiger partial charge in [0.05, 0.1) is 17.0 Å². The molecule has 0 bridgehead atoms. The fourth-order valence-corrected chi connectivity index (χ4v) is 8.79. The van der Waals surface area contributed by atoms with Crippen molar-refractivity contribution in [3.8, 4) is 5.75 Å². The van der Waals surface area contributed by atoms with Gasteiger partial charge in [0.2, 0.25) is 0 Å². The van der Waals surface area contributed by atoms with Crippen molar-refractivity contribution in [2.24, 2.45) is 0 Å². The Labute approximate surface area is 336 Å². The molecule has 0 spiro atoms. The van der Waals surface area contributed by atoms with Crippen LogP contribution in [0.3, 0.4) is 0 Å². The van der Waals surface area contributed by atoms with Crippen LogP contribution in [0, 0.1) is 0 Å². The zero-order valence-electron chi connectivity index (χ0n) is 34.8. The predicted octanol–water partition coefficient (Wildman–Crippen LogP) is 9.97. The highest BCUT2D eigenvalue weighted by Gasteiger charge is 2.47. The largest absolute Gasteiger partial charge is 0.491 e. The zero-order valence-corrected chi connectivity index (χ0v) is 36.6. The van der Waals surface area contributed by atoms with E-state index in [-0.39, 0.29) is 46.9 Å². The average Bonchev–Trinajstić information content (AvgIpc) is 3.53. The van der Waals surface area contributed by atoms with E-state index in [1.165, 1.54) is 12.1 Å². The molecule has 1 heterocycles. The van der Waals surface area contributed by atoms with Gasteiger partial charge in [0.15, 0.2) is 8.32 Å². The second-order valence-electron chi connectivity index (χ2n) is 17.2. The number of hydrogen-bond donors (Lipinski definition) is 3. The summed E-state index contributed by atoms with van der Waals surface area (Å²) < 4.78 is 48.5. The molecule has 1 aliphatic rings. The van der Waals surface area contributed by atoms with Gasteiger partial charge in [0.1, 0.15) is 18.0 Å². The molecule has 0 radical (unpaired) electrons. The van der Waals surface area contributed by atoms with Crippen molar-refractivity contribution in [2.75, 3.05) is 23.2 Å². The molecule has 4 rings (SSSR count). The summed E-state index contributed by atoms with van der Waals surface area (Å²) in [5.41, 5.74) is 1.17. The number of unbranched alkanes of at least 4 members (excludes halogenated alkanes) is 3. The van der Waals surface area contributed by atoms with Gasteiger partial charge in [-0.25, -0.2) is 18.0 Å². The Kier molecular flexibility index (Phi) is 15.5. The highest BCUT2D eigenvalue weighted by Crippen LogP contribution is 2.40. The van der Waals surface area contributed by atoms with Crippen LogP contribution < -0.4 is 20.1 Å². The summed E-state index contributed by atoms with van der Waals surface area (Å²) >= 11 is 0. The second kappa shape index (κ2) is 19.4. The molecule has 11 nitrogen and oxygen atoms in total. The molecule has 3 aromatic rings. The lowest BCUT2D eigenvalue weighted by molar-refractivity contribution is -0.00945. The molecule has 1 fully saturated rings. The van der Waals surface area contributed by atoms with Gasteiger partial charge >= 0.3 is 12.1 Å². The number of carbonyl (C=O) groups is 2. The molecule has 56 heavy (non-hydrogen) atoms. The molecule has 3 aromatic carbocycles. The summed E-state index contributed by atoms with van der Waals surface area (Å²) in [4.78, 5) is 28.2. The number of nitrogens with one attached hydrogen (secondary N) is 3. The number of anilines is 2. The van der Waals surface area contributed by atoms with Crippen LogP contribution in [0.2, 0.25) is 18.1 Å². The Morgan fingerprint density at radius 2 is 1.50 bits per heavy atom. The number of likely N-dealkylation sites (tertiary alicyclic amines) is 1. The molecule has 3 amide bonds. The van der Waals surface area contributed by atoms with E-state index in [9.17, 15) is 18.0 Å². The molecule has 13 heteroatoms. The minimum Gasteiger partial charge on any atom is -0.491 e. The van der Waals surface area contributed by atoms with Crippen LogP contribution in [0.25, 0.3) is 0 Å². The number of benzene rings is 3. The fraction of sp³-hybridized carbons (Fsp3) is 0.535. The van der Waals surface area contributed by atoms with Gasteiger partial charge in [0, 0.05) is 24.0 Å². The second-order valence-corrected chi connectivity index (χ2v) is 23.6. The lowest BCUT2D eigenvalue weighted by Gasteiger charge is -2.43. The number of ether oxygens (including phenoxy) is 2. The molecule has 308 valence electrons. The Balaban J connectivity index is 1.46. The Morgan fingerprint density at radius 1 is 0.857 bits per heavy atom. The normalized spacial score (nSPS) is 16.9. The molecule has 3 N–H and O–H groups in total. The predicted molar refractivity (Wildman–Crippen MR) is 227 cm³/mol. The number of sulfonamides is 1. The van der Waals surface area contributed by atoms with E-state index in [2.05, 4.69) is 56.1 Å². The third-order valence-electron chi connectivity index (χ3n) is 10.4. The van der Waals surface area contributed by atoms with E-state index < -0.39 is 23.9 Å². The lowest BCUT2D eigenvalue weighted by Crippen LogP contribution is -2.55. The van der Waals surface area contributed by atoms with E-state index in [0.29, 0.717) is 24.3 Å². The first-order valence-electron chi connectivity index (χ1n) is 19.9. The minimum absolute atomic E-state index is 0.0538. The molecule has 1 saturated heterocycles. The van der Waals surface area contributed by atoms with Gasteiger partial charge < -0.3 is 24.5 Å². The van der Waals surface area contributed by atoms with Crippen LogP contribution in [0.15, 0.2) is 83.8 Å². The Morgan fingerprint density at radius 3 is 2.11 bits per heavy atom. The molecule has 1 aliphatic heterocycles. The van der Waals surface area contributed by atoms with Crippen LogP contribution in [0.4, 0.5) is 21.0 Å². The summed E-state index contributed by atoms with van der Waals surface area (Å²) in [6, 6.07) is 22.2. The minimum atomic E-state index is -3.89. The fourth-order valence-electron chi connectivity index (χ4n) is 6.39. The van der Waals surface area contributed by atoms with E-state index in [0.717, 1.165) is 49.8 Å². The van der Waals surface area contributed by atoms with Crippen LogP contribution in [0.5, 0.6) is 5.75 Å². The van der Waals surface area contributed by atoms with Crippen molar-refractivity contribution in [2.45, 2.75) is 140 Å². The van der Waals surface area contributed by atoms with E-state index in [1.54, 1.807) is 24.3 Å².